The van der Waals surface area contributed by atoms with Crippen LogP contribution in [0.15, 0.2) is 24.4 Å². The fourth-order valence-electron chi connectivity index (χ4n) is 4.12. The molecule has 3 rings (SSSR count). The molecule has 1 aromatic rings. The van der Waals surface area contributed by atoms with Crippen molar-refractivity contribution in [1.82, 2.24) is 14.8 Å². The average molecular weight is 345 g/mol. The van der Waals surface area contributed by atoms with Crippen LogP contribution in [0.25, 0.3) is 0 Å². The topological polar surface area (TPSA) is 39.7 Å². The largest absolute Gasteiger partial charge is 0.353 e. The Morgan fingerprint density at radius 2 is 2.04 bits per heavy atom. The number of piperidine rings is 1. The second kappa shape index (κ2) is 9.18. The number of hydrogen-bond donors (Lipinski definition) is 0. The summed E-state index contributed by atoms with van der Waals surface area (Å²) in [5.74, 6) is 2.07. The third-order valence-corrected chi connectivity index (χ3v) is 5.52. The number of pyridine rings is 1. The maximum atomic E-state index is 12.6. The van der Waals surface area contributed by atoms with Gasteiger partial charge in [0.05, 0.1) is 0 Å². The molecule has 5 heteroatoms. The van der Waals surface area contributed by atoms with Gasteiger partial charge in [0.2, 0.25) is 5.91 Å². The zero-order chi connectivity index (χ0) is 17.5. The smallest absolute Gasteiger partial charge is 0.222 e. The van der Waals surface area contributed by atoms with E-state index >= 15 is 0 Å². The van der Waals surface area contributed by atoms with E-state index in [9.17, 15) is 4.79 Å². The lowest BCUT2D eigenvalue weighted by molar-refractivity contribution is -0.131. The SMILES string of the molecule is CCCN1CCCC(CCC(=O)N2CCN(c3ccccn3)CC2)C1. The van der Waals surface area contributed by atoms with E-state index in [1.54, 1.807) is 0 Å². The molecule has 2 saturated heterocycles. The molecule has 25 heavy (non-hydrogen) atoms. The van der Waals surface area contributed by atoms with Gasteiger partial charge in [0.25, 0.3) is 0 Å². The van der Waals surface area contributed by atoms with Crippen LogP contribution in [0.5, 0.6) is 0 Å². The van der Waals surface area contributed by atoms with Gasteiger partial charge >= 0.3 is 0 Å². The molecular formula is C20H32N4O. The van der Waals surface area contributed by atoms with Crippen LogP contribution in [0.3, 0.4) is 0 Å². The lowest BCUT2D eigenvalue weighted by Gasteiger charge is -2.36. The summed E-state index contributed by atoms with van der Waals surface area (Å²) < 4.78 is 0. The molecule has 0 aromatic carbocycles. The number of rotatable bonds is 6. The molecule has 1 atom stereocenters. The van der Waals surface area contributed by atoms with Crippen LogP contribution in [0.1, 0.15) is 39.0 Å². The van der Waals surface area contributed by atoms with E-state index in [2.05, 4.69) is 21.7 Å². The van der Waals surface area contributed by atoms with Crippen LogP contribution >= 0.6 is 0 Å². The van der Waals surface area contributed by atoms with E-state index < -0.39 is 0 Å². The first kappa shape index (κ1) is 18.2. The summed E-state index contributed by atoms with van der Waals surface area (Å²) >= 11 is 0. The number of hydrogen-bond acceptors (Lipinski definition) is 4. The standard InChI is InChI=1S/C20H32N4O/c1-2-11-22-12-5-6-18(17-22)8-9-20(25)24-15-13-23(14-16-24)19-7-3-4-10-21-19/h3-4,7,10,18H,2,5-6,8-9,11-17H2,1H3. The lowest BCUT2D eigenvalue weighted by Crippen LogP contribution is -2.49. The summed E-state index contributed by atoms with van der Waals surface area (Å²) in [6.45, 7) is 9.30. The zero-order valence-corrected chi connectivity index (χ0v) is 15.6. The molecule has 138 valence electrons. The van der Waals surface area contributed by atoms with Gasteiger partial charge in [-0.25, -0.2) is 4.98 Å². The zero-order valence-electron chi connectivity index (χ0n) is 15.6. The highest BCUT2D eigenvalue weighted by molar-refractivity contribution is 5.76. The van der Waals surface area contributed by atoms with Crippen LogP contribution < -0.4 is 4.90 Å². The van der Waals surface area contributed by atoms with Gasteiger partial charge in [0, 0.05) is 45.3 Å². The molecule has 0 radical (unpaired) electrons. The average Bonchev–Trinajstić information content (AvgIpc) is 2.67. The molecule has 1 unspecified atom stereocenters. The maximum absolute atomic E-state index is 12.6. The molecule has 0 bridgehead atoms. The highest BCUT2D eigenvalue weighted by atomic mass is 16.2. The van der Waals surface area contributed by atoms with Crippen molar-refractivity contribution in [2.45, 2.75) is 39.0 Å². The van der Waals surface area contributed by atoms with Crippen molar-refractivity contribution in [2.24, 2.45) is 5.92 Å². The van der Waals surface area contributed by atoms with Gasteiger partial charge in [-0.3, -0.25) is 4.79 Å². The predicted octanol–water partition coefficient (Wildman–Crippen LogP) is 2.63. The maximum Gasteiger partial charge on any atom is 0.222 e. The van der Waals surface area contributed by atoms with Crippen molar-refractivity contribution in [3.05, 3.63) is 24.4 Å². The second-order valence-electron chi connectivity index (χ2n) is 7.40. The highest BCUT2D eigenvalue weighted by Gasteiger charge is 2.24. The number of likely N-dealkylation sites (tertiary alicyclic amines) is 1. The number of carbonyl (C=O) groups excluding carboxylic acids is 1. The third-order valence-electron chi connectivity index (χ3n) is 5.52. The van der Waals surface area contributed by atoms with Crippen molar-refractivity contribution in [3.63, 3.8) is 0 Å². The van der Waals surface area contributed by atoms with Crippen LogP contribution in [0, 0.1) is 5.92 Å². The first-order valence-corrected chi connectivity index (χ1v) is 9.92. The Hall–Kier alpha value is -1.62. The molecule has 0 aliphatic carbocycles. The monoisotopic (exact) mass is 344 g/mol. The van der Waals surface area contributed by atoms with Gasteiger partial charge < -0.3 is 14.7 Å². The molecule has 1 amide bonds. The van der Waals surface area contributed by atoms with Gasteiger partial charge in [0.1, 0.15) is 5.82 Å². The van der Waals surface area contributed by atoms with E-state index in [1.165, 1.54) is 38.9 Å². The van der Waals surface area contributed by atoms with E-state index in [0.717, 1.165) is 38.4 Å². The first-order chi connectivity index (χ1) is 12.3. The number of nitrogens with zero attached hydrogens (tertiary/aromatic N) is 4. The van der Waals surface area contributed by atoms with Crippen LogP contribution in [0.4, 0.5) is 5.82 Å². The van der Waals surface area contributed by atoms with Gasteiger partial charge in [0.15, 0.2) is 0 Å². The van der Waals surface area contributed by atoms with E-state index in [-0.39, 0.29) is 0 Å². The molecule has 2 aliphatic heterocycles. The van der Waals surface area contributed by atoms with Crippen LogP contribution in [-0.2, 0) is 4.79 Å². The van der Waals surface area contributed by atoms with Crippen LogP contribution in [0.2, 0.25) is 0 Å². The number of carbonyl (C=O) groups is 1. The fourth-order valence-corrected chi connectivity index (χ4v) is 4.12. The predicted molar refractivity (Wildman–Crippen MR) is 102 cm³/mol. The summed E-state index contributed by atoms with van der Waals surface area (Å²) in [5, 5.41) is 0. The van der Waals surface area contributed by atoms with Gasteiger partial charge in [-0.2, -0.15) is 0 Å². The molecule has 2 fully saturated rings. The Balaban J connectivity index is 1.39. The Kier molecular flexibility index (Phi) is 6.68. The minimum absolute atomic E-state index is 0.341. The first-order valence-electron chi connectivity index (χ1n) is 9.92. The molecular weight excluding hydrogens is 312 g/mol. The Morgan fingerprint density at radius 3 is 2.76 bits per heavy atom. The molecule has 5 nitrogen and oxygen atoms in total. The Bertz CT molecular complexity index is 526. The van der Waals surface area contributed by atoms with Gasteiger partial charge in [-0.15, -0.1) is 0 Å². The third kappa shape index (κ3) is 5.18. The quantitative estimate of drug-likeness (QED) is 0.795. The molecule has 0 spiro atoms. The second-order valence-corrected chi connectivity index (χ2v) is 7.40. The van der Waals surface area contributed by atoms with E-state index in [4.69, 9.17) is 0 Å². The number of piperazine rings is 1. The molecule has 0 N–H and O–H groups in total. The number of amides is 1. The van der Waals surface area contributed by atoms with Crippen molar-refractivity contribution in [3.8, 4) is 0 Å². The summed E-state index contributed by atoms with van der Waals surface area (Å²) in [5.41, 5.74) is 0. The normalized spacial score (nSPS) is 22.2. The molecule has 3 heterocycles. The van der Waals surface area contributed by atoms with Crippen molar-refractivity contribution in [1.29, 1.82) is 0 Å². The summed E-state index contributed by atoms with van der Waals surface area (Å²) in [7, 11) is 0. The number of anilines is 1. The van der Waals surface area contributed by atoms with E-state index in [0.29, 0.717) is 18.2 Å². The summed E-state index contributed by atoms with van der Waals surface area (Å²) in [6.07, 6.45) is 7.42. The molecule has 0 saturated carbocycles. The minimum atomic E-state index is 0.341. The van der Waals surface area contributed by atoms with E-state index in [1.807, 2.05) is 29.3 Å². The van der Waals surface area contributed by atoms with Gasteiger partial charge in [-0.05, 0) is 56.8 Å². The molecule has 1 aromatic heterocycles. The summed E-state index contributed by atoms with van der Waals surface area (Å²) in [4.78, 5) is 23.9. The van der Waals surface area contributed by atoms with Crippen molar-refractivity contribution < 1.29 is 4.79 Å². The van der Waals surface area contributed by atoms with Gasteiger partial charge in [-0.1, -0.05) is 13.0 Å². The fraction of sp³-hybridized carbons (Fsp3) is 0.700. The Morgan fingerprint density at radius 1 is 1.20 bits per heavy atom. The van der Waals surface area contributed by atoms with Crippen molar-refractivity contribution in [2.75, 3.05) is 50.7 Å². The van der Waals surface area contributed by atoms with Crippen LogP contribution in [-0.4, -0.2) is 66.5 Å². The lowest BCUT2D eigenvalue weighted by atomic mass is 9.93. The molecule has 2 aliphatic rings. The highest BCUT2D eigenvalue weighted by Crippen LogP contribution is 2.22. The Labute approximate surface area is 152 Å². The number of aromatic nitrogens is 1. The van der Waals surface area contributed by atoms with Crippen molar-refractivity contribution >= 4 is 11.7 Å². The minimum Gasteiger partial charge on any atom is -0.353 e. The summed E-state index contributed by atoms with van der Waals surface area (Å²) in [6, 6.07) is 6.00.